The quantitative estimate of drug-likeness (QED) is 0.154. The molecule has 0 fully saturated rings. The predicted octanol–water partition coefficient (Wildman–Crippen LogP) is 16.3. The Morgan fingerprint density at radius 2 is 0.710 bits per heavy atom. The maximum Gasteiger partial charge on any atom is 0.0541 e. The molecule has 11 aromatic carbocycles. The van der Waals surface area contributed by atoms with Crippen molar-refractivity contribution in [1.29, 1.82) is 0 Å². The molecule has 0 unspecified atom stereocenters. The Morgan fingerprint density at radius 3 is 1.40 bits per heavy atom. The van der Waals surface area contributed by atoms with Crippen LogP contribution in [0.15, 0.2) is 231 Å². The fourth-order valence-electron chi connectivity index (χ4n) is 10.2. The normalized spacial score (nSPS) is 11.9. The van der Waals surface area contributed by atoms with E-state index < -0.39 is 0 Å². The Hall–Kier alpha value is -8.20. The van der Waals surface area contributed by atoms with E-state index in [0.29, 0.717) is 0 Å². The van der Waals surface area contributed by atoms with Gasteiger partial charge in [0, 0.05) is 32.9 Å². The lowest BCUT2D eigenvalue weighted by Gasteiger charge is -2.14. The number of nitrogens with zero attached hydrogens (tertiary/aromatic N) is 2. The van der Waals surface area contributed by atoms with Crippen LogP contribution in [0.1, 0.15) is 0 Å². The Bertz CT molecular complexity index is 3900. The summed E-state index contributed by atoms with van der Waals surface area (Å²) in [6, 6.07) is 84.7. The maximum atomic E-state index is 2.42. The Kier molecular flexibility index (Phi) is 7.64. The third-order valence-corrected chi connectivity index (χ3v) is 13.1. The Labute approximate surface area is 358 Å². The molecule has 2 heterocycles. The summed E-state index contributed by atoms with van der Waals surface area (Å²) < 4.78 is 4.83. The summed E-state index contributed by atoms with van der Waals surface area (Å²) in [5.74, 6) is 0. The molecule has 0 aliphatic carbocycles. The van der Waals surface area contributed by atoms with E-state index in [2.05, 4.69) is 240 Å². The van der Waals surface area contributed by atoms with Crippen LogP contribution in [0.5, 0.6) is 0 Å². The van der Waals surface area contributed by atoms with Crippen molar-refractivity contribution >= 4 is 75.9 Å². The highest BCUT2D eigenvalue weighted by Gasteiger charge is 2.17. The van der Waals surface area contributed by atoms with Gasteiger partial charge in [-0.1, -0.05) is 164 Å². The van der Waals surface area contributed by atoms with Gasteiger partial charge in [0.2, 0.25) is 0 Å². The van der Waals surface area contributed by atoms with Crippen molar-refractivity contribution in [3.05, 3.63) is 231 Å². The van der Waals surface area contributed by atoms with Crippen LogP contribution in [-0.2, 0) is 0 Å². The third-order valence-electron chi connectivity index (χ3n) is 13.1. The van der Waals surface area contributed by atoms with Gasteiger partial charge in [-0.15, -0.1) is 0 Å². The topological polar surface area (TPSA) is 9.86 Å². The lowest BCUT2D eigenvalue weighted by molar-refractivity contribution is 1.18. The minimum absolute atomic E-state index is 1.15. The van der Waals surface area contributed by atoms with Crippen molar-refractivity contribution < 1.29 is 0 Å². The summed E-state index contributed by atoms with van der Waals surface area (Å²) in [7, 11) is 0. The summed E-state index contributed by atoms with van der Waals surface area (Å²) in [5, 5.41) is 12.7. The molecule has 62 heavy (non-hydrogen) atoms. The van der Waals surface area contributed by atoms with Crippen molar-refractivity contribution in [3.63, 3.8) is 0 Å². The van der Waals surface area contributed by atoms with E-state index >= 15 is 0 Å². The smallest absolute Gasteiger partial charge is 0.0541 e. The summed E-state index contributed by atoms with van der Waals surface area (Å²) in [6.07, 6.45) is 0. The average molecular weight is 787 g/mol. The summed E-state index contributed by atoms with van der Waals surface area (Å²) >= 11 is 0. The van der Waals surface area contributed by atoms with E-state index in [1.165, 1.54) is 109 Å². The van der Waals surface area contributed by atoms with Crippen LogP contribution in [0.3, 0.4) is 0 Å². The molecule has 0 atom stereocenters. The van der Waals surface area contributed by atoms with E-state index in [4.69, 9.17) is 0 Å². The summed E-state index contributed by atoms with van der Waals surface area (Å²) in [6.45, 7) is 0. The molecule has 0 saturated heterocycles. The first-order valence-corrected chi connectivity index (χ1v) is 21.4. The summed E-state index contributed by atoms with van der Waals surface area (Å²) in [4.78, 5) is 0. The molecule has 2 aromatic heterocycles. The lowest BCUT2D eigenvalue weighted by atomic mass is 9.91. The second-order valence-electron chi connectivity index (χ2n) is 16.5. The molecule has 288 valence electrons. The van der Waals surface area contributed by atoms with Crippen LogP contribution in [-0.4, -0.2) is 9.13 Å². The van der Waals surface area contributed by atoms with E-state index in [-0.39, 0.29) is 0 Å². The van der Waals surface area contributed by atoms with Gasteiger partial charge in [0.25, 0.3) is 0 Å². The number of benzene rings is 11. The average Bonchev–Trinajstić information content (AvgIpc) is 3.86. The van der Waals surface area contributed by atoms with Gasteiger partial charge in [-0.3, -0.25) is 0 Å². The van der Waals surface area contributed by atoms with E-state index in [0.717, 1.165) is 11.4 Å². The van der Waals surface area contributed by atoms with Crippen molar-refractivity contribution in [2.45, 2.75) is 0 Å². The van der Waals surface area contributed by atoms with E-state index in [1.807, 2.05) is 0 Å². The maximum absolute atomic E-state index is 2.42. The highest BCUT2D eigenvalue weighted by Crippen LogP contribution is 2.41. The van der Waals surface area contributed by atoms with Gasteiger partial charge in [-0.25, -0.2) is 0 Å². The number of hydrogen-bond donors (Lipinski definition) is 0. The molecule has 2 heteroatoms. The van der Waals surface area contributed by atoms with Crippen LogP contribution in [0.25, 0.3) is 121 Å². The molecule has 13 aromatic rings. The summed E-state index contributed by atoms with van der Waals surface area (Å²) in [5.41, 5.74) is 14.4. The standard InChI is InChI=1S/C60H38N2/c1-2-13-39(14-3-1)42-16-12-17-46(35-42)62-58-24-11-9-22-52(58)56-37-44(29-34-60(56)62)43-28-33-59-55(36-43)51-21-8-10-23-57(51)61(59)45-30-25-41(26-31-45)53-38-54-47-18-5-4-15-40(47)27-32-50(54)48-19-6-7-20-49(48)53/h1-38H. The number of para-hydroxylation sites is 2. The monoisotopic (exact) mass is 786 g/mol. The molecule has 0 radical (unpaired) electrons. The first-order valence-electron chi connectivity index (χ1n) is 21.4. The van der Waals surface area contributed by atoms with Gasteiger partial charge in [0.1, 0.15) is 0 Å². The van der Waals surface area contributed by atoms with Crippen molar-refractivity contribution in [2.24, 2.45) is 0 Å². The van der Waals surface area contributed by atoms with Crippen molar-refractivity contribution in [2.75, 3.05) is 0 Å². The van der Waals surface area contributed by atoms with Gasteiger partial charge < -0.3 is 9.13 Å². The number of fused-ring (bicyclic) bond motifs is 11. The first-order chi connectivity index (χ1) is 30.7. The minimum atomic E-state index is 1.15. The Balaban J connectivity index is 0.920. The molecule has 0 spiro atoms. The Morgan fingerprint density at radius 1 is 0.210 bits per heavy atom. The molecule has 0 N–H and O–H groups in total. The lowest BCUT2D eigenvalue weighted by Crippen LogP contribution is -1.94. The molecule has 0 aliphatic heterocycles. The van der Waals surface area contributed by atoms with Gasteiger partial charge in [0.05, 0.1) is 22.1 Å². The predicted molar refractivity (Wildman–Crippen MR) is 264 cm³/mol. The fourth-order valence-corrected chi connectivity index (χ4v) is 10.2. The fraction of sp³-hybridized carbons (Fsp3) is 0. The van der Waals surface area contributed by atoms with Crippen LogP contribution < -0.4 is 0 Å². The van der Waals surface area contributed by atoms with Gasteiger partial charge in [0.15, 0.2) is 0 Å². The minimum Gasteiger partial charge on any atom is -0.309 e. The molecule has 2 nitrogen and oxygen atoms in total. The zero-order chi connectivity index (χ0) is 40.7. The van der Waals surface area contributed by atoms with Gasteiger partial charge in [-0.05, 0) is 132 Å². The zero-order valence-electron chi connectivity index (χ0n) is 33.8. The molecule has 0 aliphatic rings. The van der Waals surface area contributed by atoms with Crippen LogP contribution in [0.2, 0.25) is 0 Å². The molecular formula is C60H38N2. The van der Waals surface area contributed by atoms with E-state index in [9.17, 15) is 0 Å². The van der Waals surface area contributed by atoms with Gasteiger partial charge in [-0.2, -0.15) is 0 Å². The first kappa shape index (κ1) is 34.6. The second-order valence-corrected chi connectivity index (χ2v) is 16.5. The highest BCUT2D eigenvalue weighted by molar-refractivity contribution is 6.21. The zero-order valence-corrected chi connectivity index (χ0v) is 33.8. The van der Waals surface area contributed by atoms with Crippen LogP contribution in [0.4, 0.5) is 0 Å². The van der Waals surface area contributed by atoms with Crippen molar-refractivity contribution in [1.82, 2.24) is 9.13 Å². The second kappa shape index (κ2) is 13.7. The molecule has 0 amide bonds. The number of aromatic nitrogens is 2. The highest BCUT2D eigenvalue weighted by atomic mass is 15.0. The molecule has 13 rings (SSSR count). The molecule has 0 bridgehead atoms. The molecule has 0 saturated carbocycles. The number of rotatable bonds is 5. The largest absolute Gasteiger partial charge is 0.309 e. The van der Waals surface area contributed by atoms with E-state index in [1.54, 1.807) is 0 Å². The SMILES string of the molecule is c1ccc(-c2cccc(-n3c4ccccc4c4cc(-c5ccc6c(c5)c5ccccc5n6-c5ccc(-c6cc7c8ccccc8ccc7c7ccccc67)cc5)ccc43)c2)cc1. The van der Waals surface area contributed by atoms with Crippen molar-refractivity contribution in [3.8, 4) is 44.8 Å². The van der Waals surface area contributed by atoms with Crippen LogP contribution >= 0.6 is 0 Å². The van der Waals surface area contributed by atoms with Crippen LogP contribution in [0, 0.1) is 0 Å². The molecular weight excluding hydrogens is 749 g/mol. The third kappa shape index (κ3) is 5.30. The number of hydrogen-bond acceptors (Lipinski definition) is 0. The van der Waals surface area contributed by atoms with Gasteiger partial charge >= 0.3 is 0 Å².